The third kappa shape index (κ3) is 4.60. The van der Waals surface area contributed by atoms with Crippen LogP contribution in [0.3, 0.4) is 0 Å². The Morgan fingerprint density at radius 1 is 1.11 bits per heavy atom. The number of hydrogen-bond acceptors (Lipinski definition) is 1. The zero-order valence-corrected chi connectivity index (χ0v) is 11.0. The number of rotatable bonds is 3. The fourth-order valence-electron chi connectivity index (χ4n) is 1.56. The van der Waals surface area contributed by atoms with Gasteiger partial charge in [-0.15, -0.1) is 0 Å². The van der Waals surface area contributed by atoms with Crippen molar-refractivity contribution in [1.82, 2.24) is 0 Å². The number of alkyl halides is 3. The SMILES string of the molecule is CCCCC#CC(C)(O)c1ccc(C(F)(F)F)cc1. The first-order chi connectivity index (χ1) is 8.77. The van der Waals surface area contributed by atoms with Crippen molar-refractivity contribution in [1.29, 1.82) is 0 Å². The maximum Gasteiger partial charge on any atom is 0.416 e. The van der Waals surface area contributed by atoms with E-state index in [1.54, 1.807) is 0 Å². The van der Waals surface area contributed by atoms with Gasteiger partial charge in [0.15, 0.2) is 0 Å². The van der Waals surface area contributed by atoms with Gasteiger partial charge >= 0.3 is 6.18 Å². The standard InChI is InChI=1S/C15H17F3O/c1-3-4-5-6-11-14(2,19)12-7-9-13(10-8-12)15(16,17)18/h7-10,19H,3-5H2,1-2H3. The predicted octanol–water partition coefficient (Wildman–Crippen LogP) is 4.11. The van der Waals surface area contributed by atoms with Crippen molar-refractivity contribution in [3.63, 3.8) is 0 Å². The van der Waals surface area contributed by atoms with E-state index < -0.39 is 17.3 Å². The lowest BCUT2D eigenvalue weighted by Gasteiger charge is -2.17. The second kappa shape index (κ2) is 6.12. The van der Waals surface area contributed by atoms with Crippen LogP contribution >= 0.6 is 0 Å². The predicted molar refractivity (Wildman–Crippen MR) is 68.3 cm³/mol. The summed E-state index contributed by atoms with van der Waals surface area (Å²) in [6, 6.07) is 4.43. The Bertz CT molecular complexity index is 461. The second-order valence-electron chi connectivity index (χ2n) is 4.55. The molecule has 0 spiro atoms. The van der Waals surface area contributed by atoms with Crippen molar-refractivity contribution in [2.24, 2.45) is 0 Å². The summed E-state index contributed by atoms with van der Waals surface area (Å²) < 4.78 is 37.2. The highest BCUT2D eigenvalue weighted by atomic mass is 19.4. The van der Waals surface area contributed by atoms with Crippen LogP contribution in [0.4, 0.5) is 13.2 Å². The Morgan fingerprint density at radius 3 is 2.11 bits per heavy atom. The van der Waals surface area contributed by atoms with Gasteiger partial charge in [0.25, 0.3) is 0 Å². The molecule has 0 heterocycles. The molecule has 1 aromatic rings. The third-order valence-corrected chi connectivity index (χ3v) is 2.76. The highest BCUT2D eigenvalue weighted by Crippen LogP contribution is 2.30. The van der Waals surface area contributed by atoms with E-state index in [2.05, 4.69) is 11.8 Å². The van der Waals surface area contributed by atoms with Gasteiger partial charge in [0.2, 0.25) is 0 Å². The zero-order chi connectivity index (χ0) is 14.5. The van der Waals surface area contributed by atoms with Gasteiger partial charge in [-0.1, -0.05) is 37.3 Å². The molecular weight excluding hydrogens is 253 g/mol. The molecule has 1 nitrogen and oxygen atoms in total. The van der Waals surface area contributed by atoms with E-state index in [1.165, 1.54) is 19.1 Å². The Labute approximate surface area is 111 Å². The summed E-state index contributed by atoms with van der Waals surface area (Å²) in [4.78, 5) is 0. The van der Waals surface area contributed by atoms with Gasteiger partial charge in [-0.25, -0.2) is 0 Å². The highest BCUT2D eigenvalue weighted by Gasteiger charge is 2.31. The zero-order valence-electron chi connectivity index (χ0n) is 11.0. The lowest BCUT2D eigenvalue weighted by Crippen LogP contribution is -2.18. The lowest BCUT2D eigenvalue weighted by atomic mass is 9.95. The number of unbranched alkanes of at least 4 members (excludes halogenated alkanes) is 2. The number of aliphatic hydroxyl groups is 1. The molecular formula is C15H17F3O. The summed E-state index contributed by atoms with van der Waals surface area (Å²) in [6.07, 6.45) is -1.74. The molecule has 104 valence electrons. The van der Waals surface area contributed by atoms with Gasteiger partial charge in [0, 0.05) is 6.42 Å². The maximum absolute atomic E-state index is 12.4. The minimum Gasteiger partial charge on any atom is -0.374 e. The van der Waals surface area contributed by atoms with Crippen LogP contribution in [-0.4, -0.2) is 5.11 Å². The lowest BCUT2D eigenvalue weighted by molar-refractivity contribution is -0.137. The first-order valence-corrected chi connectivity index (χ1v) is 6.17. The molecule has 19 heavy (non-hydrogen) atoms. The fraction of sp³-hybridized carbons (Fsp3) is 0.467. The van der Waals surface area contributed by atoms with Crippen molar-refractivity contribution in [3.8, 4) is 11.8 Å². The maximum atomic E-state index is 12.4. The minimum absolute atomic E-state index is 0.365. The van der Waals surface area contributed by atoms with E-state index in [-0.39, 0.29) is 0 Å². The van der Waals surface area contributed by atoms with Crippen LogP contribution in [0.1, 0.15) is 44.2 Å². The molecule has 0 aliphatic rings. The molecule has 1 unspecified atom stereocenters. The number of halogens is 3. The van der Waals surface area contributed by atoms with E-state index in [1.807, 2.05) is 6.92 Å². The largest absolute Gasteiger partial charge is 0.416 e. The molecule has 0 amide bonds. The summed E-state index contributed by atoms with van der Waals surface area (Å²) in [6.45, 7) is 3.52. The van der Waals surface area contributed by atoms with Crippen LogP contribution in [0.25, 0.3) is 0 Å². The van der Waals surface area contributed by atoms with Gasteiger partial charge in [0.1, 0.15) is 5.60 Å². The van der Waals surface area contributed by atoms with E-state index in [0.29, 0.717) is 12.0 Å². The van der Waals surface area contributed by atoms with Crippen molar-refractivity contribution >= 4 is 0 Å². The van der Waals surface area contributed by atoms with Gasteiger partial charge in [-0.05, 0) is 31.0 Å². The van der Waals surface area contributed by atoms with E-state index in [9.17, 15) is 18.3 Å². The Hall–Kier alpha value is -1.47. The number of benzene rings is 1. The molecule has 0 aromatic heterocycles. The topological polar surface area (TPSA) is 20.2 Å². The molecule has 0 aliphatic carbocycles. The van der Waals surface area contributed by atoms with E-state index in [4.69, 9.17) is 0 Å². The third-order valence-electron chi connectivity index (χ3n) is 2.76. The molecule has 0 aliphatic heterocycles. The van der Waals surface area contributed by atoms with E-state index >= 15 is 0 Å². The molecule has 0 saturated heterocycles. The number of hydrogen-bond donors (Lipinski definition) is 1. The van der Waals surface area contributed by atoms with Gasteiger partial charge in [-0.3, -0.25) is 0 Å². The average molecular weight is 270 g/mol. The van der Waals surface area contributed by atoms with Crippen LogP contribution in [-0.2, 0) is 11.8 Å². The molecule has 1 rings (SSSR count). The molecule has 0 fully saturated rings. The van der Waals surface area contributed by atoms with Crippen LogP contribution in [0, 0.1) is 11.8 Å². The molecule has 1 atom stereocenters. The smallest absolute Gasteiger partial charge is 0.374 e. The van der Waals surface area contributed by atoms with Gasteiger partial charge in [-0.2, -0.15) is 13.2 Å². The van der Waals surface area contributed by atoms with Crippen LogP contribution < -0.4 is 0 Å². The monoisotopic (exact) mass is 270 g/mol. The fourth-order valence-corrected chi connectivity index (χ4v) is 1.56. The molecule has 1 N–H and O–H groups in total. The normalized spacial score (nSPS) is 14.4. The second-order valence-corrected chi connectivity index (χ2v) is 4.55. The first kappa shape index (κ1) is 15.6. The molecule has 4 heteroatoms. The van der Waals surface area contributed by atoms with Crippen LogP contribution in [0.5, 0.6) is 0 Å². The summed E-state index contributed by atoms with van der Waals surface area (Å²) in [5.74, 6) is 5.54. The Morgan fingerprint density at radius 2 is 1.63 bits per heavy atom. The van der Waals surface area contributed by atoms with Crippen molar-refractivity contribution < 1.29 is 18.3 Å². The van der Waals surface area contributed by atoms with Gasteiger partial charge in [0.05, 0.1) is 5.56 Å². The molecule has 0 saturated carbocycles. The Balaban J connectivity index is 2.86. The quantitative estimate of drug-likeness (QED) is 0.647. The summed E-state index contributed by atoms with van der Waals surface area (Å²) in [5, 5.41) is 10.1. The molecule has 0 bridgehead atoms. The summed E-state index contributed by atoms with van der Waals surface area (Å²) in [7, 11) is 0. The molecule has 1 aromatic carbocycles. The Kier molecular flexibility index (Phi) is 5.02. The average Bonchev–Trinajstić information content (AvgIpc) is 2.34. The highest BCUT2D eigenvalue weighted by molar-refractivity contribution is 5.33. The van der Waals surface area contributed by atoms with Crippen LogP contribution in [0.2, 0.25) is 0 Å². The minimum atomic E-state index is -4.36. The van der Waals surface area contributed by atoms with E-state index in [0.717, 1.165) is 25.0 Å². The summed E-state index contributed by atoms with van der Waals surface area (Å²) >= 11 is 0. The van der Waals surface area contributed by atoms with Crippen molar-refractivity contribution in [2.45, 2.75) is 44.9 Å². The molecule has 0 radical (unpaired) electrons. The summed E-state index contributed by atoms with van der Waals surface area (Å²) in [5.41, 5.74) is -1.78. The van der Waals surface area contributed by atoms with Crippen molar-refractivity contribution in [3.05, 3.63) is 35.4 Å². The van der Waals surface area contributed by atoms with Crippen LogP contribution in [0.15, 0.2) is 24.3 Å². The van der Waals surface area contributed by atoms with Gasteiger partial charge < -0.3 is 5.11 Å². The first-order valence-electron chi connectivity index (χ1n) is 6.17. The van der Waals surface area contributed by atoms with Crippen molar-refractivity contribution in [2.75, 3.05) is 0 Å².